The molecule has 20 heavy (non-hydrogen) atoms. The molecular formula is C14H20BrN3O2. The lowest BCUT2D eigenvalue weighted by Gasteiger charge is -2.35. The van der Waals surface area contributed by atoms with E-state index in [1.807, 2.05) is 25.1 Å². The van der Waals surface area contributed by atoms with Crippen LogP contribution in [0.5, 0.6) is 0 Å². The highest BCUT2D eigenvalue weighted by molar-refractivity contribution is 9.10. The van der Waals surface area contributed by atoms with E-state index >= 15 is 0 Å². The SMILES string of the molecule is CCOC1CCCN(c2cccc(Br)c2/C(N)=N/O)C1. The van der Waals surface area contributed by atoms with Gasteiger partial charge in [-0.25, -0.2) is 0 Å². The molecule has 110 valence electrons. The molecule has 1 aliphatic heterocycles. The molecule has 1 heterocycles. The Morgan fingerprint density at radius 2 is 2.40 bits per heavy atom. The molecular weight excluding hydrogens is 322 g/mol. The van der Waals surface area contributed by atoms with Crippen molar-refractivity contribution in [2.45, 2.75) is 25.9 Å². The number of benzene rings is 1. The van der Waals surface area contributed by atoms with Crippen LogP contribution < -0.4 is 10.6 Å². The van der Waals surface area contributed by atoms with Gasteiger partial charge in [0.2, 0.25) is 0 Å². The Balaban J connectivity index is 2.30. The summed E-state index contributed by atoms with van der Waals surface area (Å²) in [6.45, 7) is 4.52. The van der Waals surface area contributed by atoms with E-state index in [-0.39, 0.29) is 11.9 Å². The number of piperidine rings is 1. The zero-order valence-corrected chi connectivity index (χ0v) is 13.1. The highest BCUT2D eigenvalue weighted by atomic mass is 79.9. The monoisotopic (exact) mass is 341 g/mol. The number of hydrogen-bond acceptors (Lipinski definition) is 4. The highest BCUT2D eigenvalue weighted by Crippen LogP contribution is 2.30. The van der Waals surface area contributed by atoms with Crippen molar-refractivity contribution >= 4 is 27.5 Å². The predicted octanol–water partition coefficient (Wildman–Crippen LogP) is 2.55. The van der Waals surface area contributed by atoms with Gasteiger partial charge in [-0.2, -0.15) is 0 Å². The number of rotatable bonds is 4. The van der Waals surface area contributed by atoms with E-state index in [1.54, 1.807) is 0 Å². The topological polar surface area (TPSA) is 71.1 Å². The number of oxime groups is 1. The maximum atomic E-state index is 8.97. The van der Waals surface area contributed by atoms with Crippen molar-refractivity contribution in [1.29, 1.82) is 0 Å². The third-order valence-corrected chi connectivity index (χ3v) is 4.14. The third-order valence-electron chi connectivity index (χ3n) is 3.48. The van der Waals surface area contributed by atoms with Gasteiger partial charge in [-0.1, -0.05) is 11.2 Å². The van der Waals surface area contributed by atoms with Gasteiger partial charge < -0.3 is 20.6 Å². The zero-order chi connectivity index (χ0) is 14.5. The minimum Gasteiger partial charge on any atom is -0.409 e. The number of nitrogens with two attached hydrogens (primary N) is 1. The van der Waals surface area contributed by atoms with E-state index < -0.39 is 0 Å². The molecule has 1 atom stereocenters. The molecule has 1 fully saturated rings. The van der Waals surface area contributed by atoms with Crippen LogP contribution in [0.2, 0.25) is 0 Å². The molecule has 1 saturated heterocycles. The second-order valence-electron chi connectivity index (χ2n) is 4.78. The summed E-state index contributed by atoms with van der Waals surface area (Å²) < 4.78 is 6.55. The first-order chi connectivity index (χ1) is 9.67. The fourth-order valence-electron chi connectivity index (χ4n) is 2.61. The van der Waals surface area contributed by atoms with Gasteiger partial charge in [0.25, 0.3) is 0 Å². The smallest absolute Gasteiger partial charge is 0.173 e. The van der Waals surface area contributed by atoms with Gasteiger partial charge in [0.1, 0.15) is 0 Å². The molecule has 1 unspecified atom stereocenters. The van der Waals surface area contributed by atoms with Gasteiger partial charge >= 0.3 is 0 Å². The molecule has 5 nitrogen and oxygen atoms in total. The number of halogens is 1. The van der Waals surface area contributed by atoms with Crippen molar-refractivity contribution in [3.8, 4) is 0 Å². The maximum Gasteiger partial charge on any atom is 0.173 e. The second kappa shape index (κ2) is 6.95. The van der Waals surface area contributed by atoms with Crippen molar-refractivity contribution < 1.29 is 9.94 Å². The van der Waals surface area contributed by atoms with Crippen LogP contribution in [0.25, 0.3) is 0 Å². The summed E-state index contributed by atoms with van der Waals surface area (Å²) >= 11 is 3.47. The quantitative estimate of drug-likeness (QED) is 0.382. The molecule has 2 rings (SSSR count). The molecule has 0 aromatic heterocycles. The molecule has 0 spiro atoms. The molecule has 1 aromatic carbocycles. The predicted molar refractivity (Wildman–Crippen MR) is 83.5 cm³/mol. The summed E-state index contributed by atoms with van der Waals surface area (Å²) in [7, 11) is 0. The zero-order valence-electron chi connectivity index (χ0n) is 11.6. The molecule has 0 radical (unpaired) electrons. The standard InChI is InChI=1S/C14H20BrN3O2/c1-2-20-10-5-4-8-18(9-10)12-7-3-6-11(15)13(12)14(16)17-19/h3,6-7,10,19H,2,4-5,8-9H2,1H3,(H2,16,17). The Bertz CT molecular complexity index is 491. The Labute approximate surface area is 127 Å². The number of amidine groups is 1. The Kier molecular flexibility index (Phi) is 5.25. The molecule has 0 saturated carbocycles. The number of anilines is 1. The Hall–Kier alpha value is -1.27. The Morgan fingerprint density at radius 3 is 3.10 bits per heavy atom. The number of hydrogen-bond donors (Lipinski definition) is 2. The van der Waals surface area contributed by atoms with E-state index in [4.69, 9.17) is 15.7 Å². The van der Waals surface area contributed by atoms with Crippen molar-refractivity contribution in [2.24, 2.45) is 10.9 Å². The second-order valence-corrected chi connectivity index (χ2v) is 5.64. The lowest BCUT2D eigenvalue weighted by molar-refractivity contribution is 0.0526. The lowest BCUT2D eigenvalue weighted by Crippen LogP contribution is -2.40. The normalized spacial score (nSPS) is 20.2. The Morgan fingerprint density at radius 1 is 1.60 bits per heavy atom. The molecule has 1 aromatic rings. The molecule has 0 amide bonds. The largest absolute Gasteiger partial charge is 0.409 e. The minimum absolute atomic E-state index is 0.117. The van der Waals surface area contributed by atoms with Gasteiger partial charge in [0.15, 0.2) is 5.84 Å². The van der Waals surface area contributed by atoms with Gasteiger partial charge in [-0.05, 0) is 47.8 Å². The summed E-state index contributed by atoms with van der Waals surface area (Å²) in [6.07, 6.45) is 2.40. The van der Waals surface area contributed by atoms with Crippen molar-refractivity contribution in [3.63, 3.8) is 0 Å². The molecule has 0 bridgehead atoms. The maximum absolute atomic E-state index is 8.97. The first kappa shape index (κ1) is 15.1. The number of ether oxygens (including phenoxy) is 1. The first-order valence-electron chi connectivity index (χ1n) is 6.80. The van der Waals surface area contributed by atoms with Crippen molar-refractivity contribution in [1.82, 2.24) is 0 Å². The number of nitrogens with zero attached hydrogens (tertiary/aromatic N) is 2. The van der Waals surface area contributed by atoms with Crippen LogP contribution in [0.3, 0.4) is 0 Å². The van der Waals surface area contributed by atoms with Crippen molar-refractivity contribution in [2.75, 3.05) is 24.6 Å². The molecule has 0 aliphatic carbocycles. The minimum atomic E-state index is 0.117. The van der Waals surface area contributed by atoms with Crippen LogP contribution in [-0.2, 0) is 4.74 Å². The van der Waals surface area contributed by atoms with E-state index in [1.165, 1.54) is 0 Å². The summed E-state index contributed by atoms with van der Waals surface area (Å²) in [5, 5.41) is 12.1. The molecule has 6 heteroatoms. The van der Waals surface area contributed by atoms with Crippen LogP contribution in [0.15, 0.2) is 27.8 Å². The van der Waals surface area contributed by atoms with Crippen molar-refractivity contribution in [3.05, 3.63) is 28.2 Å². The summed E-state index contributed by atoms with van der Waals surface area (Å²) in [5.74, 6) is 0.117. The average Bonchev–Trinajstić information content (AvgIpc) is 2.47. The molecule has 1 aliphatic rings. The highest BCUT2D eigenvalue weighted by Gasteiger charge is 2.23. The van der Waals surface area contributed by atoms with Gasteiger partial charge in [0, 0.05) is 29.9 Å². The van der Waals surface area contributed by atoms with Crippen LogP contribution >= 0.6 is 15.9 Å². The van der Waals surface area contributed by atoms with E-state index in [9.17, 15) is 0 Å². The van der Waals surface area contributed by atoms with Crippen LogP contribution in [-0.4, -0.2) is 36.8 Å². The van der Waals surface area contributed by atoms with Gasteiger partial charge in [0.05, 0.1) is 11.7 Å². The van der Waals surface area contributed by atoms with E-state index in [0.29, 0.717) is 0 Å². The van der Waals surface area contributed by atoms with Crippen LogP contribution in [0, 0.1) is 0 Å². The average molecular weight is 342 g/mol. The first-order valence-corrected chi connectivity index (χ1v) is 7.59. The van der Waals surface area contributed by atoms with Crippen LogP contribution in [0.4, 0.5) is 5.69 Å². The summed E-state index contributed by atoms with van der Waals surface area (Å²) in [4.78, 5) is 2.24. The third kappa shape index (κ3) is 3.24. The summed E-state index contributed by atoms with van der Waals surface area (Å²) in [5.41, 5.74) is 7.51. The van der Waals surface area contributed by atoms with E-state index in [0.717, 1.165) is 48.3 Å². The fraction of sp³-hybridized carbons (Fsp3) is 0.500. The summed E-state index contributed by atoms with van der Waals surface area (Å²) in [6, 6.07) is 5.84. The fourth-order valence-corrected chi connectivity index (χ4v) is 3.17. The van der Waals surface area contributed by atoms with Gasteiger partial charge in [-0.15, -0.1) is 0 Å². The van der Waals surface area contributed by atoms with Gasteiger partial charge in [-0.3, -0.25) is 0 Å². The molecule has 3 N–H and O–H groups in total. The lowest BCUT2D eigenvalue weighted by atomic mass is 10.0. The van der Waals surface area contributed by atoms with E-state index in [2.05, 4.69) is 26.0 Å². The van der Waals surface area contributed by atoms with Crippen LogP contribution in [0.1, 0.15) is 25.3 Å².